The number of amides is 1. The molecule has 2 aromatic rings. The summed E-state index contributed by atoms with van der Waals surface area (Å²) >= 11 is 5.77. The highest BCUT2D eigenvalue weighted by atomic mass is 35.5. The first-order chi connectivity index (χ1) is 10.2. The molecule has 1 atom stereocenters. The van der Waals surface area contributed by atoms with Gasteiger partial charge in [0.1, 0.15) is 5.15 Å². The summed E-state index contributed by atoms with van der Waals surface area (Å²) < 4.78 is 7.34. The van der Waals surface area contributed by atoms with Crippen LogP contribution in [0.5, 0.6) is 0 Å². The summed E-state index contributed by atoms with van der Waals surface area (Å²) in [5, 5.41) is 7.30. The van der Waals surface area contributed by atoms with Crippen LogP contribution in [0.3, 0.4) is 0 Å². The van der Waals surface area contributed by atoms with Crippen molar-refractivity contribution in [2.75, 3.05) is 11.9 Å². The van der Waals surface area contributed by atoms with E-state index in [4.69, 9.17) is 16.3 Å². The molecule has 1 unspecified atom stereocenters. The molecule has 1 saturated heterocycles. The van der Waals surface area contributed by atoms with E-state index >= 15 is 0 Å². The van der Waals surface area contributed by atoms with Gasteiger partial charge < -0.3 is 10.1 Å². The summed E-state index contributed by atoms with van der Waals surface area (Å²) in [4.78, 5) is 15.9. The molecule has 0 aromatic carbocycles. The molecule has 0 radical (unpaired) electrons. The maximum atomic E-state index is 12.1. The number of anilines is 1. The minimum Gasteiger partial charge on any atom is -0.376 e. The Kier molecular flexibility index (Phi) is 4.17. The molecule has 3 rings (SSSR count). The summed E-state index contributed by atoms with van der Waals surface area (Å²) in [5.74, 6) is -0.240. The van der Waals surface area contributed by atoms with Gasteiger partial charge in [-0.2, -0.15) is 5.10 Å². The molecule has 2 aromatic heterocycles. The Morgan fingerprint density at radius 1 is 1.57 bits per heavy atom. The summed E-state index contributed by atoms with van der Waals surface area (Å²) in [7, 11) is 0. The van der Waals surface area contributed by atoms with E-state index in [1.165, 1.54) is 12.3 Å². The number of rotatable bonds is 4. The first kappa shape index (κ1) is 14.0. The topological polar surface area (TPSA) is 69.0 Å². The van der Waals surface area contributed by atoms with Gasteiger partial charge in [0.05, 0.1) is 24.5 Å². The summed E-state index contributed by atoms with van der Waals surface area (Å²) in [6.07, 6.45) is 7.28. The fraction of sp³-hybridized carbons (Fsp3) is 0.357. The van der Waals surface area contributed by atoms with Crippen molar-refractivity contribution < 1.29 is 9.53 Å². The van der Waals surface area contributed by atoms with Crippen molar-refractivity contribution in [1.82, 2.24) is 14.8 Å². The van der Waals surface area contributed by atoms with E-state index in [-0.39, 0.29) is 17.2 Å². The number of hydrogen-bond acceptors (Lipinski definition) is 4. The van der Waals surface area contributed by atoms with Gasteiger partial charge in [0.15, 0.2) is 0 Å². The number of ether oxygens (including phenoxy) is 1. The van der Waals surface area contributed by atoms with Crippen LogP contribution in [0, 0.1) is 0 Å². The molecule has 3 heterocycles. The molecule has 1 aliphatic heterocycles. The third-order valence-corrected chi connectivity index (χ3v) is 3.50. The van der Waals surface area contributed by atoms with Crippen LogP contribution in [-0.4, -0.2) is 33.4 Å². The van der Waals surface area contributed by atoms with Crippen LogP contribution in [-0.2, 0) is 11.3 Å². The molecular weight excluding hydrogens is 292 g/mol. The predicted octanol–water partition coefficient (Wildman–Crippen LogP) is 2.36. The second-order valence-corrected chi connectivity index (χ2v) is 5.29. The first-order valence-corrected chi connectivity index (χ1v) is 7.15. The van der Waals surface area contributed by atoms with E-state index in [2.05, 4.69) is 15.4 Å². The summed E-state index contributed by atoms with van der Waals surface area (Å²) in [5.41, 5.74) is 1.10. The summed E-state index contributed by atoms with van der Waals surface area (Å²) in [6.45, 7) is 1.52. The molecule has 0 bridgehead atoms. The average molecular weight is 307 g/mol. The molecule has 7 heteroatoms. The highest BCUT2D eigenvalue weighted by Gasteiger charge is 2.16. The van der Waals surface area contributed by atoms with Crippen LogP contribution in [0.1, 0.15) is 23.2 Å². The molecule has 1 aliphatic rings. The largest absolute Gasteiger partial charge is 0.376 e. The lowest BCUT2D eigenvalue weighted by Crippen LogP contribution is -2.15. The molecule has 110 valence electrons. The van der Waals surface area contributed by atoms with Crippen LogP contribution in [0.2, 0.25) is 5.15 Å². The second kappa shape index (κ2) is 6.24. The standard InChI is InChI=1S/C14H15ClN4O2/c15-13-6-10(3-4-16-13)14(20)18-11-7-17-19(8-11)9-12-2-1-5-21-12/h3-4,6-8,12H,1-2,5,9H2,(H,18,20). The number of halogens is 1. The Morgan fingerprint density at radius 3 is 3.24 bits per heavy atom. The fourth-order valence-corrected chi connectivity index (χ4v) is 2.45. The minimum atomic E-state index is -0.240. The third kappa shape index (κ3) is 3.59. The Labute approximate surface area is 127 Å². The van der Waals surface area contributed by atoms with Crippen LogP contribution in [0.15, 0.2) is 30.7 Å². The van der Waals surface area contributed by atoms with Crippen LogP contribution in [0.25, 0.3) is 0 Å². The van der Waals surface area contributed by atoms with Gasteiger partial charge in [-0.25, -0.2) is 4.98 Å². The van der Waals surface area contributed by atoms with E-state index in [1.807, 2.05) is 0 Å². The summed E-state index contributed by atoms with van der Waals surface area (Å²) in [6, 6.07) is 3.13. The van der Waals surface area contributed by atoms with Crippen LogP contribution < -0.4 is 5.32 Å². The Balaban J connectivity index is 1.62. The number of pyridine rings is 1. The Bertz CT molecular complexity index is 637. The minimum absolute atomic E-state index is 0.215. The van der Waals surface area contributed by atoms with E-state index in [0.717, 1.165) is 19.4 Å². The quantitative estimate of drug-likeness (QED) is 0.880. The SMILES string of the molecule is O=C(Nc1cnn(CC2CCCO2)c1)c1ccnc(Cl)c1. The molecule has 0 aliphatic carbocycles. The molecular formula is C14H15ClN4O2. The molecule has 1 amide bonds. The van der Waals surface area contributed by atoms with Crippen molar-refractivity contribution in [2.45, 2.75) is 25.5 Å². The van der Waals surface area contributed by atoms with Crippen molar-refractivity contribution in [1.29, 1.82) is 0 Å². The van der Waals surface area contributed by atoms with Crippen molar-refractivity contribution in [3.05, 3.63) is 41.4 Å². The van der Waals surface area contributed by atoms with Gasteiger partial charge in [0, 0.05) is 24.6 Å². The third-order valence-electron chi connectivity index (χ3n) is 3.29. The van der Waals surface area contributed by atoms with Gasteiger partial charge in [-0.1, -0.05) is 11.6 Å². The zero-order valence-electron chi connectivity index (χ0n) is 11.3. The molecule has 0 saturated carbocycles. The molecule has 1 fully saturated rings. The first-order valence-electron chi connectivity index (χ1n) is 6.78. The Morgan fingerprint density at radius 2 is 2.48 bits per heavy atom. The monoisotopic (exact) mass is 306 g/mol. The number of carbonyl (C=O) groups excluding carboxylic acids is 1. The highest BCUT2D eigenvalue weighted by Crippen LogP contribution is 2.15. The smallest absolute Gasteiger partial charge is 0.255 e. The molecule has 1 N–H and O–H groups in total. The lowest BCUT2D eigenvalue weighted by molar-refractivity contribution is 0.0940. The maximum absolute atomic E-state index is 12.1. The molecule has 21 heavy (non-hydrogen) atoms. The van der Waals surface area contributed by atoms with Crippen LogP contribution in [0.4, 0.5) is 5.69 Å². The number of nitrogens with one attached hydrogen (secondary N) is 1. The zero-order chi connectivity index (χ0) is 14.7. The van der Waals surface area contributed by atoms with Gasteiger partial charge in [0.25, 0.3) is 5.91 Å². The van der Waals surface area contributed by atoms with Crippen LogP contribution >= 0.6 is 11.6 Å². The van der Waals surface area contributed by atoms with Gasteiger partial charge in [-0.15, -0.1) is 0 Å². The van der Waals surface area contributed by atoms with Crippen molar-refractivity contribution in [3.8, 4) is 0 Å². The molecule has 0 spiro atoms. The second-order valence-electron chi connectivity index (χ2n) is 4.91. The van der Waals surface area contributed by atoms with Gasteiger partial charge >= 0.3 is 0 Å². The van der Waals surface area contributed by atoms with Gasteiger partial charge in [-0.05, 0) is 25.0 Å². The fourth-order valence-electron chi connectivity index (χ4n) is 2.27. The van der Waals surface area contributed by atoms with Gasteiger partial charge in [-0.3, -0.25) is 9.48 Å². The van der Waals surface area contributed by atoms with E-state index in [0.29, 0.717) is 17.8 Å². The normalized spacial score (nSPS) is 17.9. The Hall–Kier alpha value is -1.92. The van der Waals surface area contributed by atoms with Crippen molar-refractivity contribution >= 4 is 23.2 Å². The predicted molar refractivity (Wildman–Crippen MR) is 78.4 cm³/mol. The van der Waals surface area contributed by atoms with Crippen molar-refractivity contribution in [3.63, 3.8) is 0 Å². The number of carbonyl (C=O) groups is 1. The lowest BCUT2D eigenvalue weighted by atomic mass is 10.2. The number of aromatic nitrogens is 3. The number of hydrogen-bond donors (Lipinski definition) is 1. The molecule has 6 nitrogen and oxygen atoms in total. The van der Waals surface area contributed by atoms with E-state index in [1.54, 1.807) is 23.1 Å². The van der Waals surface area contributed by atoms with Gasteiger partial charge in [0.2, 0.25) is 0 Å². The zero-order valence-corrected chi connectivity index (χ0v) is 12.1. The number of nitrogens with zero attached hydrogens (tertiary/aromatic N) is 3. The average Bonchev–Trinajstić information content (AvgIpc) is 3.11. The van der Waals surface area contributed by atoms with E-state index < -0.39 is 0 Å². The maximum Gasteiger partial charge on any atom is 0.255 e. The lowest BCUT2D eigenvalue weighted by Gasteiger charge is -2.08. The van der Waals surface area contributed by atoms with Crippen molar-refractivity contribution in [2.24, 2.45) is 0 Å². The van der Waals surface area contributed by atoms with E-state index in [9.17, 15) is 4.79 Å². The highest BCUT2D eigenvalue weighted by molar-refractivity contribution is 6.29.